The van der Waals surface area contributed by atoms with Crippen molar-refractivity contribution >= 4 is 27.5 Å². The lowest BCUT2D eigenvalue weighted by molar-refractivity contribution is 0.500. The first-order valence-corrected chi connectivity index (χ1v) is 8.42. The summed E-state index contributed by atoms with van der Waals surface area (Å²) in [6, 6.07) is 12.6. The van der Waals surface area contributed by atoms with Crippen LogP contribution in [0, 0.1) is 0 Å². The first kappa shape index (κ1) is 16.5. The standard InChI is InChI=1S/C17H20BrClN2/c1-2-9-20-17(10-13-3-6-15(19)7-4-13)11-16-8-5-14(18)12-21-16/h3-8,12,17,20H,2,9-11H2,1H3. The van der Waals surface area contributed by atoms with Crippen LogP contribution in [0.25, 0.3) is 0 Å². The van der Waals surface area contributed by atoms with Crippen LogP contribution in [0.1, 0.15) is 24.6 Å². The van der Waals surface area contributed by atoms with Crippen molar-refractivity contribution in [3.8, 4) is 0 Å². The first-order chi connectivity index (χ1) is 10.2. The van der Waals surface area contributed by atoms with Crippen molar-refractivity contribution in [2.75, 3.05) is 6.54 Å². The van der Waals surface area contributed by atoms with E-state index in [0.29, 0.717) is 6.04 Å². The van der Waals surface area contributed by atoms with Gasteiger partial charge in [-0.25, -0.2) is 0 Å². The average Bonchev–Trinajstić information content (AvgIpc) is 2.49. The van der Waals surface area contributed by atoms with Crippen molar-refractivity contribution in [1.82, 2.24) is 10.3 Å². The minimum atomic E-state index is 0.389. The number of hydrogen-bond acceptors (Lipinski definition) is 2. The Balaban J connectivity index is 2.02. The van der Waals surface area contributed by atoms with Gasteiger partial charge in [0.25, 0.3) is 0 Å². The van der Waals surface area contributed by atoms with Gasteiger partial charge in [-0.3, -0.25) is 4.98 Å². The van der Waals surface area contributed by atoms with Crippen LogP contribution in [0.3, 0.4) is 0 Å². The van der Waals surface area contributed by atoms with Crippen molar-refractivity contribution in [3.05, 3.63) is 63.3 Å². The minimum Gasteiger partial charge on any atom is -0.313 e. The maximum Gasteiger partial charge on any atom is 0.0420 e. The molecule has 2 aromatic rings. The van der Waals surface area contributed by atoms with Gasteiger partial charge in [0.15, 0.2) is 0 Å². The molecule has 0 radical (unpaired) electrons. The lowest BCUT2D eigenvalue weighted by Gasteiger charge is -2.18. The molecule has 0 spiro atoms. The van der Waals surface area contributed by atoms with Crippen LogP contribution in [0.15, 0.2) is 47.1 Å². The van der Waals surface area contributed by atoms with Gasteiger partial charge in [0.1, 0.15) is 0 Å². The third-order valence-corrected chi connectivity index (χ3v) is 4.04. The smallest absolute Gasteiger partial charge is 0.0420 e. The summed E-state index contributed by atoms with van der Waals surface area (Å²) < 4.78 is 1.02. The third kappa shape index (κ3) is 5.77. The second kappa shape index (κ2) is 8.52. The Kier molecular flexibility index (Phi) is 6.68. The highest BCUT2D eigenvalue weighted by atomic mass is 79.9. The van der Waals surface area contributed by atoms with Crippen LogP contribution < -0.4 is 5.32 Å². The normalized spacial score (nSPS) is 12.3. The summed E-state index contributed by atoms with van der Waals surface area (Å²) >= 11 is 9.37. The first-order valence-electron chi connectivity index (χ1n) is 7.25. The van der Waals surface area contributed by atoms with E-state index in [1.165, 1.54) is 5.56 Å². The van der Waals surface area contributed by atoms with Gasteiger partial charge in [-0.2, -0.15) is 0 Å². The molecule has 112 valence electrons. The Hall–Kier alpha value is -0.900. The topological polar surface area (TPSA) is 24.9 Å². The van der Waals surface area contributed by atoms with Crippen molar-refractivity contribution in [3.63, 3.8) is 0 Å². The van der Waals surface area contributed by atoms with Crippen LogP contribution in [-0.4, -0.2) is 17.6 Å². The van der Waals surface area contributed by atoms with Gasteiger partial charge < -0.3 is 5.32 Å². The zero-order valence-electron chi connectivity index (χ0n) is 12.2. The summed E-state index contributed by atoms with van der Waals surface area (Å²) in [6.45, 7) is 3.21. The largest absolute Gasteiger partial charge is 0.313 e. The molecule has 0 bridgehead atoms. The van der Waals surface area contributed by atoms with Gasteiger partial charge in [-0.1, -0.05) is 30.7 Å². The number of halogens is 2. The van der Waals surface area contributed by atoms with Crippen LogP contribution in [0.4, 0.5) is 0 Å². The van der Waals surface area contributed by atoms with Crippen molar-refractivity contribution < 1.29 is 0 Å². The van der Waals surface area contributed by atoms with Gasteiger partial charge in [0.2, 0.25) is 0 Å². The fourth-order valence-electron chi connectivity index (χ4n) is 2.25. The van der Waals surface area contributed by atoms with Crippen LogP contribution in [-0.2, 0) is 12.8 Å². The molecule has 1 aromatic heterocycles. The second-order valence-electron chi connectivity index (χ2n) is 5.15. The van der Waals surface area contributed by atoms with E-state index < -0.39 is 0 Å². The molecule has 4 heteroatoms. The number of nitrogens with zero attached hydrogens (tertiary/aromatic N) is 1. The SMILES string of the molecule is CCCNC(Cc1ccc(Cl)cc1)Cc1ccc(Br)cn1. The lowest BCUT2D eigenvalue weighted by Crippen LogP contribution is -2.34. The number of hydrogen-bond donors (Lipinski definition) is 1. The molecule has 0 aliphatic carbocycles. The van der Waals surface area contributed by atoms with E-state index >= 15 is 0 Å². The molecule has 1 N–H and O–H groups in total. The monoisotopic (exact) mass is 366 g/mol. The Morgan fingerprint density at radius 2 is 1.90 bits per heavy atom. The third-order valence-electron chi connectivity index (χ3n) is 3.32. The fourth-order valence-corrected chi connectivity index (χ4v) is 2.61. The Morgan fingerprint density at radius 3 is 2.52 bits per heavy atom. The highest BCUT2D eigenvalue weighted by Gasteiger charge is 2.11. The number of rotatable bonds is 7. The Bertz CT molecular complexity index is 492. The highest BCUT2D eigenvalue weighted by Crippen LogP contribution is 2.14. The molecule has 0 aliphatic rings. The molecule has 0 saturated heterocycles. The summed E-state index contributed by atoms with van der Waals surface area (Å²) in [5, 5.41) is 4.39. The predicted octanol–water partition coefficient (Wildman–Crippen LogP) is 4.65. The van der Waals surface area contributed by atoms with E-state index in [1.807, 2.05) is 24.4 Å². The number of benzene rings is 1. The van der Waals surface area contributed by atoms with Crippen LogP contribution >= 0.6 is 27.5 Å². The van der Waals surface area contributed by atoms with Gasteiger partial charge in [0, 0.05) is 33.8 Å². The van der Waals surface area contributed by atoms with Gasteiger partial charge in [-0.15, -0.1) is 0 Å². The summed E-state index contributed by atoms with van der Waals surface area (Å²) in [6.07, 6.45) is 4.89. The maximum atomic E-state index is 5.95. The van der Waals surface area contributed by atoms with E-state index in [1.54, 1.807) is 0 Å². The molecule has 2 nitrogen and oxygen atoms in total. The molecule has 1 atom stereocenters. The number of aromatic nitrogens is 1. The van der Waals surface area contributed by atoms with Gasteiger partial charge >= 0.3 is 0 Å². The van der Waals surface area contributed by atoms with Gasteiger partial charge in [0.05, 0.1) is 0 Å². The molecule has 1 aromatic carbocycles. The molecule has 2 rings (SSSR count). The van der Waals surface area contributed by atoms with Crippen LogP contribution in [0.5, 0.6) is 0 Å². The predicted molar refractivity (Wildman–Crippen MR) is 92.9 cm³/mol. The molecule has 0 fully saturated rings. The van der Waals surface area contributed by atoms with Crippen molar-refractivity contribution in [1.29, 1.82) is 0 Å². The zero-order valence-corrected chi connectivity index (χ0v) is 14.5. The van der Waals surface area contributed by atoms with Crippen molar-refractivity contribution in [2.45, 2.75) is 32.2 Å². The zero-order chi connectivity index (χ0) is 15.1. The molecular formula is C17H20BrClN2. The molecule has 0 amide bonds. The molecule has 1 heterocycles. The van der Waals surface area contributed by atoms with Crippen molar-refractivity contribution in [2.24, 2.45) is 0 Å². The van der Waals surface area contributed by atoms with E-state index in [4.69, 9.17) is 11.6 Å². The summed E-state index contributed by atoms with van der Waals surface area (Å²) in [5.74, 6) is 0. The van der Waals surface area contributed by atoms with Crippen LogP contribution in [0.2, 0.25) is 5.02 Å². The number of nitrogens with one attached hydrogen (secondary N) is 1. The minimum absolute atomic E-state index is 0.389. The van der Waals surface area contributed by atoms with E-state index in [-0.39, 0.29) is 0 Å². The molecule has 21 heavy (non-hydrogen) atoms. The van der Waals surface area contributed by atoms with E-state index in [0.717, 1.165) is 41.0 Å². The van der Waals surface area contributed by atoms with E-state index in [2.05, 4.69) is 51.4 Å². The quantitative estimate of drug-likeness (QED) is 0.770. The lowest BCUT2D eigenvalue weighted by atomic mass is 10.0. The molecule has 0 aliphatic heterocycles. The average molecular weight is 368 g/mol. The summed E-state index contributed by atoms with van der Waals surface area (Å²) in [7, 11) is 0. The Labute approximate surface area is 140 Å². The molecule has 1 unspecified atom stereocenters. The summed E-state index contributed by atoms with van der Waals surface area (Å²) in [5.41, 5.74) is 2.41. The number of pyridine rings is 1. The maximum absolute atomic E-state index is 5.95. The Morgan fingerprint density at radius 1 is 1.14 bits per heavy atom. The van der Waals surface area contributed by atoms with Gasteiger partial charge in [-0.05, 0) is 65.1 Å². The second-order valence-corrected chi connectivity index (χ2v) is 6.51. The van der Waals surface area contributed by atoms with E-state index in [9.17, 15) is 0 Å². The molecular weight excluding hydrogens is 348 g/mol. The fraction of sp³-hybridized carbons (Fsp3) is 0.353. The summed E-state index contributed by atoms with van der Waals surface area (Å²) in [4.78, 5) is 4.47. The highest BCUT2D eigenvalue weighted by molar-refractivity contribution is 9.10. The molecule has 0 saturated carbocycles.